The summed E-state index contributed by atoms with van der Waals surface area (Å²) in [5.41, 5.74) is 0. The van der Waals surface area contributed by atoms with E-state index in [1.54, 1.807) is 0 Å². The molecule has 1 saturated heterocycles. The molecular formula is C22H37N5O2. The molecule has 2 N–H and O–H groups in total. The van der Waals surface area contributed by atoms with Crippen molar-refractivity contribution in [1.29, 1.82) is 0 Å². The van der Waals surface area contributed by atoms with Crippen LogP contribution in [0.2, 0.25) is 0 Å². The Kier molecular flexibility index (Phi) is 8.89. The monoisotopic (exact) mass is 403 g/mol. The Bertz CT molecular complexity index is 642. The highest BCUT2D eigenvalue weighted by Gasteiger charge is 2.26. The fourth-order valence-electron chi connectivity index (χ4n) is 3.60. The third-order valence-electron chi connectivity index (χ3n) is 5.13. The van der Waals surface area contributed by atoms with E-state index in [-0.39, 0.29) is 29.7 Å². The summed E-state index contributed by atoms with van der Waals surface area (Å²) in [5, 5.41) is 5.99. The lowest BCUT2D eigenvalue weighted by Gasteiger charge is -2.36. The summed E-state index contributed by atoms with van der Waals surface area (Å²) < 4.78 is 0. The van der Waals surface area contributed by atoms with Crippen LogP contribution in [-0.4, -0.2) is 66.5 Å². The summed E-state index contributed by atoms with van der Waals surface area (Å²) in [6.45, 7) is 14.5. The van der Waals surface area contributed by atoms with Crippen molar-refractivity contribution in [2.24, 2.45) is 11.8 Å². The van der Waals surface area contributed by atoms with Crippen LogP contribution in [-0.2, 0) is 9.59 Å². The maximum Gasteiger partial charge on any atom is 0.243 e. The van der Waals surface area contributed by atoms with Crippen LogP contribution >= 0.6 is 0 Å². The van der Waals surface area contributed by atoms with Gasteiger partial charge in [0, 0.05) is 51.4 Å². The molecule has 2 rings (SSSR count). The zero-order chi connectivity index (χ0) is 21.4. The van der Waals surface area contributed by atoms with Crippen molar-refractivity contribution in [2.45, 2.75) is 53.1 Å². The number of hydrogen-bond acceptors (Lipinski definition) is 5. The largest absolute Gasteiger partial charge is 0.354 e. The van der Waals surface area contributed by atoms with Gasteiger partial charge in [-0.05, 0) is 30.9 Å². The SMILES string of the molecule is CC(C)CC(=O)NC(C(=O)NC(C)CN1CCN(c2ccccn2)CC1)C(C)C. The van der Waals surface area contributed by atoms with Crippen LogP contribution in [0.5, 0.6) is 0 Å². The van der Waals surface area contributed by atoms with E-state index >= 15 is 0 Å². The maximum absolute atomic E-state index is 12.7. The van der Waals surface area contributed by atoms with Gasteiger partial charge in [-0.2, -0.15) is 0 Å². The molecule has 2 atom stereocenters. The van der Waals surface area contributed by atoms with Crippen LogP contribution in [0.1, 0.15) is 41.0 Å². The fraction of sp³-hybridized carbons (Fsp3) is 0.682. The topological polar surface area (TPSA) is 77.6 Å². The number of pyridine rings is 1. The minimum Gasteiger partial charge on any atom is -0.354 e. The van der Waals surface area contributed by atoms with Gasteiger partial charge in [0.1, 0.15) is 11.9 Å². The number of carbonyl (C=O) groups excluding carboxylic acids is 2. The number of nitrogens with zero attached hydrogens (tertiary/aromatic N) is 3. The lowest BCUT2D eigenvalue weighted by Crippen LogP contribution is -2.55. The number of aromatic nitrogens is 1. The first-order valence-electron chi connectivity index (χ1n) is 10.7. The van der Waals surface area contributed by atoms with Crippen molar-refractivity contribution in [2.75, 3.05) is 37.6 Å². The van der Waals surface area contributed by atoms with Gasteiger partial charge in [0.15, 0.2) is 0 Å². The molecule has 0 aliphatic carbocycles. The first-order valence-corrected chi connectivity index (χ1v) is 10.7. The second-order valence-electron chi connectivity index (χ2n) is 8.77. The van der Waals surface area contributed by atoms with Gasteiger partial charge in [0.05, 0.1) is 0 Å². The Hall–Kier alpha value is -2.15. The summed E-state index contributed by atoms with van der Waals surface area (Å²) in [6.07, 6.45) is 2.26. The molecule has 2 unspecified atom stereocenters. The number of nitrogens with one attached hydrogen (secondary N) is 2. The van der Waals surface area contributed by atoms with Crippen molar-refractivity contribution in [3.63, 3.8) is 0 Å². The van der Waals surface area contributed by atoms with Gasteiger partial charge in [-0.25, -0.2) is 4.98 Å². The van der Waals surface area contributed by atoms with Crippen molar-refractivity contribution in [1.82, 2.24) is 20.5 Å². The van der Waals surface area contributed by atoms with Crippen molar-refractivity contribution >= 4 is 17.6 Å². The molecule has 7 nitrogen and oxygen atoms in total. The molecule has 1 aliphatic heterocycles. The van der Waals surface area contributed by atoms with Crippen LogP contribution < -0.4 is 15.5 Å². The van der Waals surface area contributed by atoms with Crippen molar-refractivity contribution < 1.29 is 9.59 Å². The van der Waals surface area contributed by atoms with Crippen molar-refractivity contribution in [3.05, 3.63) is 24.4 Å². The number of amides is 2. The number of hydrogen-bond donors (Lipinski definition) is 2. The first kappa shape index (κ1) is 23.1. The number of piperazine rings is 1. The molecule has 2 heterocycles. The van der Waals surface area contributed by atoms with E-state index in [1.807, 2.05) is 59.0 Å². The van der Waals surface area contributed by atoms with E-state index in [1.165, 1.54) is 0 Å². The summed E-state index contributed by atoms with van der Waals surface area (Å²) in [6, 6.07) is 5.51. The molecule has 1 fully saturated rings. The molecule has 29 heavy (non-hydrogen) atoms. The lowest BCUT2D eigenvalue weighted by atomic mass is 10.0. The summed E-state index contributed by atoms with van der Waals surface area (Å²) >= 11 is 0. The van der Waals surface area contributed by atoms with Gasteiger partial charge in [0.25, 0.3) is 0 Å². The predicted molar refractivity (Wildman–Crippen MR) is 117 cm³/mol. The highest BCUT2D eigenvalue weighted by atomic mass is 16.2. The Balaban J connectivity index is 1.79. The lowest BCUT2D eigenvalue weighted by molar-refractivity contribution is -0.130. The van der Waals surface area contributed by atoms with E-state index in [0.29, 0.717) is 6.42 Å². The minimum atomic E-state index is -0.496. The van der Waals surface area contributed by atoms with Crippen molar-refractivity contribution in [3.8, 4) is 0 Å². The van der Waals surface area contributed by atoms with Gasteiger partial charge in [-0.3, -0.25) is 14.5 Å². The second-order valence-corrected chi connectivity index (χ2v) is 8.77. The summed E-state index contributed by atoms with van der Waals surface area (Å²) in [4.78, 5) is 33.9. The zero-order valence-corrected chi connectivity index (χ0v) is 18.5. The van der Waals surface area contributed by atoms with Gasteiger partial charge in [-0.1, -0.05) is 33.8 Å². The molecule has 2 amide bonds. The van der Waals surface area contributed by atoms with E-state index in [0.717, 1.165) is 38.5 Å². The molecule has 0 aromatic carbocycles. The zero-order valence-electron chi connectivity index (χ0n) is 18.5. The van der Waals surface area contributed by atoms with E-state index in [9.17, 15) is 9.59 Å². The maximum atomic E-state index is 12.7. The standard InChI is InChI=1S/C22H37N5O2/c1-16(2)14-20(28)25-21(17(3)4)22(29)24-18(5)15-26-10-12-27(13-11-26)19-8-6-7-9-23-19/h6-9,16-18,21H,10-15H2,1-5H3,(H,24,29)(H,25,28). The average molecular weight is 404 g/mol. The molecule has 0 spiro atoms. The second kappa shape index (κ2) is 11.1. The third kappa shape index (κ3) is 7.65. The van der Waals surface area contributed by atoms with Crippen LogP contribution in [0.15, 0.2) is 24.4 Å². The molecule has 0 radical (unpaired) electrons. The molecular weight excluding hydrogens is 366 g/mol. The average Bonchev–Trinajstić information content (AvgIpc) is 2.66. The summed E-state index contributed by atoms with van der Waals surface area (Å²) in [7, 11) is 0. The fourth-order valence-corrected chi connectivity index (χ4v) is 3.60. The van der Waals surface area contributed by atoms with E-state index < -0.39 is 6.04 Å². The Morgan fingerprint density at radius 2 is 1.72 bits per heavy atom. The molecule has 0 bridgehead atoms. The molecule has 1 aromatic rings. The Morgan fingerprint density at radius 3 is 2.28 bits per heavy atom. The van der Waals surface area contributed by atoms with Gasteiger partial charge in [0.2, 0.25) is 11.8 Å². The Morgan fingerprint density at radius 1 is 1.03 bits per heavy atom. The summed E-state index contributed by atoms with van der Waals surface area (Å²) in [5.74, 6) is 1.17. The van der Waals surface area contributed by atoms with Gasteiger partial charge < -0.3 is 15.5 Å². The molecule has 1 aromatic heterocycles. The van der Waals surface area contributed by atoms with Crippen LogP contribution in [0, 0.1) is 11.8 Å². The smallest absolute Gasteiger partial charge is 0.243 e. The molecule has 162 valence electrons. The normalized spacial score (nSPS) is 17.3. The number of carbonyl (C=O) groups is 2. The quantitative estimate of drug-likeness (QED) is 0.658. The van der Waals surface area contributed by atoms with Gasteiger partial charge in [-0.15, -0.1) is 0 Å². The van der Waals surface area contributed by atoms with Gasteiger partial charge >= 0.3 is 0 Å². The highest BCUT2D eigenvalue weighted by molar-refractivity contribution is 5.88. The number of rotatable bonds is 9. The minimum absolute atomic E-state index is 0.0205. The van der Waals surface area contributed by atoms with E-state index in [4.69, 9.17) is 0 Å². The van der Waals surface area contributed by atoms with E-state index in [2.05, 4.69) is 25.4 Å². The predicted octanol–water partition coefficient (Wildman–Crippen LogP) is 1.90. The molecule has 0 saturated carbocycles. The molecule has 1 aliphatic rings. The third-order valence-corrected chi connectivity index (χ3v) is 5.13. The first-order chi connectivity index (χ1) is 13.8. The Labute approximate surface area is 175 Å². The molecule has 7 heteroatoms. The van der Waals surface area contributed by atoms with Crippen LogP contribution in [0.3, 0.4) is 0 Å². The van der Waals surface area contributed by atoms with Crippen LogP contribution in [0.25, 0.3) is 0 Å². The van der Waals surface area contributed by atoms with Crippen LogP contribution in [0.4, 0.5) is 5.82 Å². The number of anilines is 1. The highest BCUT2D eigenvalue weighted by Crippen LogP contribution is 2.13.